The SMILES string of the molecule is O=C(c1ccc(F)cc1)N1CCC(Cn2ccnc2-c2ccccc2)CC1. The summed E-state index contributed by atoms with van der Waals surface area (Å²) in [6.07, 6.45) is 5.78. The van der Waals surface area contributed by atoms with E-state index in [1.54, 1.807) is 12.1 Å². The van der Waals surface area contributed by atoms with Gasteiger partial charge in [0.2, 0.25) is 0 Å². The molecule has 1 fully saturated rings. The minimum absolute atomic E-state index is 0.0129. The molecular weight excluding hydrogens is 341 g/mol. The number of aromatic nitrogens is 2. The van der Waals surface area contributed by atoms with E-state index in [2.05, 4.69) is 21.7 Å². The third-order valence-corrected chi connectivity index (χ3v) is 5.20. The molecule has 0 aliphatic carbocycles. The zero-order chi connectivity index (χ0) is 18.6. The lowest BCUT2D eigenvalue weighted by atomic mass is 9.96. The summed E-state index contributed by atoms with van der Waals surface area (Å²) in [7, 11) is 0. The third-order valence-electron chi connectivity index (χ3n) is 5.20. The summed E-state index contributed by atoms with van der Waals surface area (Å²) >= 11 is 0. The molecule has 0 spiro atoms. The fourth-order valence-electron chi connectivity index (χ4n) is 3.68. The zero-order valence-corrected chi connectivity index (χ0v) is 15.1. The van der Waals surface area contributed by atoms with Crippen LogP contribution in [-0.2, 0) is 6.54 Å². The number of carbonyl (C=O) groups excluding carboxylic acids is 1. The van der Waals surface area contributed by atoms with Crippen molar-refractivity contribution < 1.29 is 9.18 Å². The van der Waals surface area contributed by atoms with Crippen molar-refractivity contribution in [3.63, 3.8) is 0 Å². The smallest absolute Gasteiger partial charge is 0.253 e. The van der Waals surface area contributed by atoms with E-state index >= 15 is 0 Å². The molecule has 1 saturated heterocycles. The van der Waals surface area contributed by atoms with Gasteiger partial charge in [0.05, 0.1) is 0 Å². The first-order valence-electron chi connectivity index (χ1n) is 9.32. The van der Waals surface area contributed by atoms with Crippen LogP contribution in [-0.4, -0.2) is 33.4 Å². The Hall–Kier alpha value is -2.95. The average molecular weight is 363 g/mol. The largest absolute Gasteiger partial charge is 0.339 e. The van der Waals surface area contributed by atoms with Crippen molar-refractivity contribution >= 4 is 5.91 Å². The maximum absolute atomic E-state index is 13.0. The summed E-state index contributed by atoms with van der Waals surface area (Å²) in [6.45, 7) is 2.37. The monoisotopic (exact) mass is 363 g/mol. The molecule has 0 unspecified atom stereocenters. The second-order valence-corrected chi connectivity index (χ2v) is 7.01. The van der Waals surface area contributed by atoms with Crippen molar-refractivity contribution in [3.05, 3.63) is 78.4 Å². The number of imidazole rings is 1. The van der Waals surface area contributed by atoms with E-state index in [4.69, 9.17) is 0 Å². The van der Waals surface area contributed by atoms with Gasteiger partial charge in [-0.1, -0.05) is 30.3 Å². The van der Waals surface area contributed by atoms with Crippen LogP contribution in [0.2, 0.25) is 0 Å². The summed E-state index contributed by atoms with van der Waals surface area (Å²) < 4.78 is 15.3. The highest BCUT2D eigenvalue weighted by molar-refractivity contribution is 5.94. The van der Waals surface area contributed by atoms with Gasteiger partial charge in [-0.05, 0) is 43.0 Å². The quantitative estimate of drug-likeness (QED) is 0.695. The van der Waals surface area contributed by atoms with E-state index in [1.807, 2.05) is 35.5 Å². The van der Waals surface area contributed by atoms with Crippen molar-refractivity contribution in [2.75, 3.05) is 13.1 Å². The summed E-state index contributed by atoms with van der Waals surface area (Å²) in [5, 5.41) is 0. The van der Waals surface area contributed by atoms with Crippen LogP contribution < -0.4 is 0 Å². The van der Waals surface area contributed by atoms with Gasteiger partial charge < -0.3 is 9.47 Å². The third kappa shape index (κ3) is 3.92. The normalized spacial score (nSPS) is 15.1. The molecule has 0 bridgehead atoms. The number of benzene rings is 2. The van der Waals surface area contributed by atoms with Gasteiger partial charge in [-0.25, -0.2) is 9.37 Å². The maximum Gasteiger partial charge on any atom is 0.253 e. The number of nitrogens with zero attached hydrogens (tertiary/aromatic N) is 3. The summed E-state index contributed by atoms with van der Waals surface area (Å²) in [6, 6.07) is 16.0. The number of halogens is 1. The molecule has 3 aromatic rings. The fourth-order valence-corrected chi connectivity index (χ4v) is 3.68. The summed E-state index contributed by atoms with van der Waals surface area (Å²) in [4.78, 5) is 18.9. The van der Waals surface area contributed by atoms with Crippen molar-refractivity contribution in [1.82, 2.24) is 14.5 Å². The van der Waals surface area contributed by atoms with E-state index in [1.165, 1.54) is 12.1 Å². The lowest BCUT2D eigenvalue weighted by molar-refractivity contribution is 0.0683. The second-order valence-electron chi connectivity index (χ2n) is 7.01. The topological polar surface area (TPSA) is 38.1 Å². The Morgan fingerprint density at radius 1 is 1.04 bits per heavy atom. The van der Waals surface area contributed by atoms with Gasteiger partial charge in [-0.2, -0.15) is 0 Å². The molecule has 5 heteroatoms. The van der Waals surface area contributed by atoms with Crippen LogP contribution in [0, 0.1) is 11.7 Å². The summed E-state index contributed by atoms with van der Waals surface area (Å²) in [5.74, 6) is 1.17. The molecule has 0 saturated carbocycles. The molecule has 1 aromatic heterocycles. The number of rotatable bonds is 4. The first-order chi connectivity index (χ1) is 13.2. The number of likely N-dealkylation sites (tertiary alicyclic amines) is 1. The number of piperidine rings is 1. The molecule has 4 nitrogen and oxygen atoms in total. The first-order valence-corrected chi connectivity index (χ1v) is 9.32. The molecule has 2 aromatic carbocycles. The van der Waals surface area contributed by atoms with Crippen LogP contribution in [0.25, 0.3) is 11.4 Å². The molecule has 27 heavy (non-hydrogen) atoms. The van der Waals surface area contributed by atoms with Gasteiger partial charge in [-0.15, -0.1) is 0 Å². The molecule has 1 amide bonds. The Bertz CT molecular complexity index is 897. The highest BCUT2D eigenvalue weighted by Crippen LogP contribution is 2.24. The Morgan fingerprint density at radius 2 is 1.74 bits per heavy atom. The fraction of sp³-hybridized carbons (Fsp3) is 0.273. The van der Waals surface area contributed by atoms with E-state index < -0.39 is 0 Å². The Labute approximate surface area is 158 Å². The van der Waals surface area contributed by atoms with Gasteiger partial charge >= 0.3 is 0 Å². The molecule has 4 rings (SSSR count). The standard InChI is InChI=1S/C22H22FN3O/c23-20-8-6-19(7-9-20)22(27)25-13-10-17(11-14-25)16-26-15-12-24-21(26)18-4-2-1-3-5-18/h1-9,12,15,17H,10-11,13-14,16H2. The van der Waals surface area contributed by atoms with Crippen molar-refractivity contribution in [1.29, 1.82) is 0 Å². The van der Waals surface area contributed by atoms with Gasteiger partial charge in [0.15, 0.2) is 0 Å². The Balaban J connectivity index is 1.37. The summed E-state index contributed by atoms with van der Waals surface area (Å²) in [5.41, 5.74) is 1.67. The van der Waals surface area contributed by atoms with Crippen molar-refractivity contribution in [2.45, 2.75) is 19.4 Å². The molecule has 0 atom stereocenters. The van der Waals surface area contributed by atoms with E-state index in [0.717, 1.165) is 43.9 Å². The molecule has 1 aliphatic heterocycles. The first kappa shape index (κ1) is 17.5. The zero-order valence-electron chi connectivity index (χ0n) is 15.1. The van der Waals surface area contributed by atoms with E-state index in [-0.39, 0.29) is 11.7 Å². The maximum atomic E-state index is 13.0. The second kappa shape index (κ2) is 7.74. The molecule has 138 valence electrons. The number of carbonyl (C=O) groups is 1. The van der Waals surface area contributed by atoms with Crippen molar-refractivity contribution in [2.24, 2.45) is 5.92 Å². The lowest BCUT2D eigenvalue weighted by Crippen LogP contribution is -2.39. The van der Waals surface area contributed by atoms with Crippen LogP contribution >= 0.6 is 0 Å². The van der Waals surface area contributed by atoms with Gasteiger partial charge in [0.25, 0.3) is 5.91 Å². The van der Waals surface area contributed by atoms with Gasteiger partial charge in [0.1, 0.15) is 11.6 Å². The van der Waals surface area contributed by atoms with Crippen LogP contribution in [0.3, 0.4) is 0 Å². The molecule has 0 radical (unpaired) electrons. The molecule has 1 aliphatic rings. The number of hydrogen-bond donors (Lipinski definition) is 0. The van der Waals surface area contributed by atoms with E-state index in [9.17, 15) is 9.18 Å². The van der Waals surface area contributed by atoms with Crippen LogP contribution in [0.5, 0.6) is 0 Å². The lowest BCUT2D eigenvalue weighted by Gasteiger charge is -2.32. The van der Waals surface area contributed by atoms with Gasteiger partial charge in [0, 0.05) is 43.2 Å². The van der Waals surface area contributed by atoms with E-state index in [0.29, 0.717) is 11.5 Å². The minimum Gasteiger partial charge on any atom is -0.339 e. The number of amides is 1. The van der Waals surface area contributed by atoms with Crippen LogP contribution in [0.15, 0.2) is 67.0 Å². The van der Waals surface area contributed by atoms with Gasteiger partial charge in [-0.3, -0.25) is 4.79 Å². The molecule has 2 heterocycles. The number of hydrogen-bond acceptors (Lipinski definition) is 2. The minimum atomic E-state index is -0.320. The predicted octanol–water partition coefficient (Wildman–Crippen LogP) is 4.24. The van der Waals surface area contributed by atoms with Crippen LogP contribution in [0.4, 0.5) is 4.39 Å². The Kier molecular flexibility index (Phi) is 5.01. The predicted molar refractivity (Wildman–Crippen MR) is 103 cm³/mol. The molecule has 0 N–H and O–H groups in total. The highest BCUT2D eigenvalue weighted by atomic mass is 19.1. The molecular formula is C22H22FN3O. The highest BCUT2D eigenvalue weighted by Gasteiger charge is 2.24. The Morgan fingerprint density at radius 3 is 2.44 bits per heavy atom. The average Bonchev–Trinajstić information content (AvgIpc) is 3.17. The van der Waals surface area contributed by atoms with Crippen molar-refractivity contribution in [3.8, 4) is 11.4 Å². The van der Waals surface area contributed by atoms with Crippen LogP contribution in [0.1, 0.15) is 23.2 Å².